The van der Waals surface area contributed by atoms with Crippen LogP contribution in [0.2, 0.25) is 0 Å². The Labute approximate surface area is 262 Å². The first-order chi connectivity index (χ1) is 21.4. The third-order valence-electron chi connectivity index (χ3n) is 7.84. The van der Waals surface area contributed by atoms with Crippen molar-refractivity contribution in [1.29, 1.82) is 0 Å². The number of anilines is 3. The molecule has 1 aliphatic rings. The Morgan fingerprint density at radius 3 is 2.64 bits per heavy atom. The largest absolute Gasteiger partial charge is 0.381 e. The van der Waals surface area contributed by atoms with Gasteiger partial charge in [-0.05, 0) is 99.4 Å². The quantitative estimate of drug-likeness (QED) is 0.199. The Morgan fingerprint density at radius 1 is 1.07 bits per heavy atom. The van der Waals surface area contributed by atoms with E-state index in [1.54, 1.807) is 22.1 Å². The van der Waals surface area contributed by atoms with Crippen LogP contribution in [0.15, 0.2) is 77.0 Å². The fourth-order valence-corrected chi connectivity index (χ4v) is 6.23. The molecule has 1 unspecified atom stereocenters. The SMILES string of the molecule is Cc1ccccc1C#Cc1cc2cnc(Nc3ccc(NC4CCNC4)cc3)nc2n(Cc2sccc2CCN(C)C)c1=O. The van der Waals surface area contributed by atoms with Crippen molar-refractivity contribution in [3.63, 3.8) is 0 Å². The molecule has 0 spiro atoms. The van der Waals surface area contributed by atoms with E-state index in [4.69, 9.17) is 4.98 Å². The number of aryl methyl sites for hydroxylation is 1. The lowest BCUT2D eigenvalue weighted by molar-refractivity contribution is 0.413. The van der Waals surface area contributed by atoms with Gasteiger partial charge in [0, 0.05) is 52.5 Å². The molecule has 3 aromatic heterocycles. The molecule has 9 heteroatoms. The normalized spacial score (nSPS) is 14.5. The van der Waals surface area contributed by atoms with E-state index in [1.807, 2.05) is 49.4 Å². The molecule has 8 nitrogen and oxygen atoms in total. The number of hydrogen-bond donors (Lipinski definition) is 3. The van der Waals surface area contributed by atoms with E-state index >= 15 is 0 Å². The van der Waals surface area contributed by atoms with E-state index in [2.05, 4.69) is 75.3 Å². The average Bonchev–Trinajstić information content (AvgIpc) is 3.70. The maximum atomic E-state index is 14.0. The minimum atomic E-state index is -0.160. The summed E-state index contributed by atoms with van der Waals surface area (Å²) in [5, 5.41) is 13.1. The van der Waals surface area contributed by atoms with Crippen LogP contribution in [-0.2, 0) is 13.0 Å². The van der Waals surface area contributed by atoms with Crippen LogP contribution >= 0.6 is 11.3 Å². The Bertz CT molecular complexity index is 1880. The lowest BCUT2D eigenvalue weighted by atomic mass is 10.1. The topological polar surface area (TPSA) is 87.1 Å². The van der Waals surface area contributed by atoms with Gasteiger partial charge in [-0.2, -0.15) is 4.98 Å². The zero-order valence-electron chi connectivity index (χ0n) is 25.4. The third-order valence-corrected chi connectivity index (χ3v) is 8.79. The fraction of sp³-hybridized carbons (Fsp3) is 0.286. The lowest BCUT2D eigenvalue weighted by Crippen LogP contribution is -2.25. The van der Waals surface area contributed by atoms with Gasteiger partial charge in [0.25, 0.3) is 5.56 Å². The van der Waals surface area contributed by atoms with Crippen LogP contribution in [0.3, 0.4) is 0 Å². The summed E-state index contributed by atoms with van der Waals surface area (Å²) in [6.45, 7) is 5.40. The molecule has 3 N–H and O–H groups in total. The van der Waals surface area contributed by atoms with Gasteiger partial charge in [-0.25, -0.2) is 4.98 Å². The second-order valence-corrected chi connectivity index (χ2v) is 12.4. The van der Waals surface area contributed by atoms with E-state index in [0.717, 1.165) is 65.2 Å². The second kappa shape index (κ2) is 13.4. The summed E-state index contributed by atoms with van der Waals surface area (Å²) in [7, 11) is 4.15. The van der Waals surface area contributed by atoms with Crippen LogP contribution < -0.4 is 21.5 Å². The summed E-state index contributed by atoms with van der Waals surface area (Å²) in [5.74, 6) is 6.80. The van der Waals surface area contributed by atoms with E-state index in [9.17, 15) is 4.79 Å². The smallest absolute Gasteiger partial charge is 0.268 e. The summed E-state index contributed by atoms with van der Waals surface area (Å²) in [4.78, 5) is 26.8. The molecule has 1 atom stereocenters. The number of thiophene rings is 1. The molecule has 0 amide bonds. The predicted octanol–water partition coefficient (Wildman–Crippen LogP) is 5.23. The first kappa shape index (κ1) is 29.6. The number of aromatic nitrogens is 3. The zero-order chi connectivity index (χ0) is 30.5. The Kier molecular flexibility index (Phi) is 9.03. The van der Waals surface area contributed by atoms with Gasteiger partial charge in [-0.15, -0.1) is 11.3 Å². The highest BCUT2D eigenvalue weighted by Crippen LogP contribution is 2.23. The maximum Gasteiger partial charge on any atom is 0.268 e. The van der Waals surface area contributed by atoms with Gasteiger partial charge in [-0.3, -0.25) is 9.36 Å². The number of nitrogens with zero attached hydrogens (tertiary/aromatic N) is 4. The third kappa shape index (κ3) is 7.00. The molecule has 0 bridgehead atoms. The highest BCUT2D eigenvalue weighted by atomic mass is 32.1. The average molecular weight is 604 g/mol. The van der Waals surface area contributed by atoms with Gasteiger partial charge >= 0.3 is 0 Å². The first-order valence-electron chi connectivity index (χ1n) is 15.0. The number of pyridine rings is 1. The number of rotatable bonds is 9. The second-order valence-electron chi connectivity index (χ2n) is 11.4. The van der Waals surface area contributed by atoms with Gasteiger partial charge in [0.2, 0.25) is 5.95 Å². The van der Waals surface area contributed by atoms with Crippen LogP contribution in [0.1, 0.15) is 33.6 Å². The summed E-state index contributed by atoms with van der Waals surface area (Å²) < 4.78 is 1.75. The van der Waals surface area contributed by atoms with Crippen molar-refractivity contribution in [2.75, 3.05) is 44.4 Å². The van der Waals surface area contributed by atoms with Crippen molar-refractivity contribution in [1.82, 2.24) is 24.8 Å². The van der Waals surface area contributed by atoms with Crippen molar-refractivity contribution in [3.8, 4) is 11.8 Å². The molecule has 1 fully saturated rings. The van der Waals surface area contributed by atoms with E-state index < -0.39 is 0 Å². The van der Waals surface area contributed by atoms with E-state index in [0.29, 0.717) is 29.7 Å². The molecule has 5 aromatic rings. The monoisotopic (exact) mass is 603 g/mol. The lowest BCUT2D eigenvalue weighted by Gasteiger charge is -2.14. The maximum absolute atomic E-state index is 14.0. The van der Waals surface area contributed by atoms with Crippen molar-refractivity contribution in [3.05, 3.63) is 110 Å². The molecule has 1 aliphatic heterocycles. The predicted molar refractivity (Wildman–Crippen MR) is 181 cm³/mol. The van der Waals surface area contributed by atoms with Gasteiger partial charge < -0.3 is 20.9 Å². The number of benzene rings is 2. The van der Waals surface area contributed by atoms with Crippen LogP contribution in [0, 0.1) is 18.8 Å². The molecule has 0 aliphatic carbocycles. The summed E-state index contributed by atoms with van der Waals surface area (Å²) in [5.41, 5.74) is 6.02. The molecule has 2 aromatic carbocycles. The number of likely N-dealkylation sites (N-methyl/N-ethyl adjacent to an activating group) is 1. The standard InChI is InChI=1S/C35H37N7OS/c1-24-6-4-5-7-25(24)8-9-27-20-28-21-37-35(39-30-12-10-29(11-13-30)38-31-14-17-36-22-31)40-33(28)42(34(27)43)23-32-26(16-19-44-32)15-18-41(2)3/h4-7,10-13,16,19-21,31,36,38H,14-15,17-18,22-23H2,1-3H3,(H,37,39,40). The highest BCUT2D eigenvalue weighted by molar-refractivity contribution is 7.10. The van der Waals surface area contributed by atoms with Crippen molar-refractivity contribution in [2.24, 2.45) is 0 Å². The minimum absolute atomic E-state index is 0.160. The molecule has 44 heavy (non-hydrogen) atoms. The molecular formula is C35H37N7OS. The van der Waals surface area contributed by atoms with Gasteiger partial charge in [-0.1, -0.05) is 30.0 Å². The number of fused-ring (bicyclic) bond motifs is 1. The molecule has 0 saturated carbocycles. The van der Waals surface area contributed by atoms with E-state index in [-0.39, 0.29) is 5.56 Å². The van der Waals surface area contributed by atoms with Crippen molar-refractivity contribution < 1.29 is 0 Å². The molecular weight excluding hydrogens is 567 g/mol. The molecule has 4 heterocycles. The number of nitrogens with one attached hydrogen (secondary N) is 3. The Hall–Kier alpha value is -4.49. The molecule has 6 rings (SSSR count). The Balaban J connectivity index is 1.34. The fourth-order valence-electron chi connectivity index (χ4n) is 5.31. The first-order valence-corrected chi connectivity index (χ1v) is 15.8. The zero-order valence-corrected chi connectivity index (χ0v) is 26.2. The summed E-state index contributed by atoms with van der Waals surface area (Å²) in [6, 6.07) is 20.5. The summed E-state index contributed by atoms with van der Waals surface area (Å²) in [6.07, 6.45) is 3.80. The summed E-state index contributed by atoms with van der Waals surface area (Å²) >= 11 is 1.67. The Morgan fingerprint density at radius 2 is 1.86 bits per heavy atom. The van der Waals surface area contributed by atoms with Crippen LogP contribution in [0.25, 0.3) is 11.0 Å². The van der Waals surface area contributed by atoms with Crippen LogP contribution in [0.4, 0.5) is 17.3 Å². The molecule has 1 saturated heterocycles. The minimum Gasteiger partial charge on any atom is -0.381 e. The van der Waals surface area contributed by atoms with Crippen molar-refractivity contribution in [2.45, 2.75) is 32.4 Å². The number of hydrogen-bond acceptors (Lipinski definition) is 8. The molecule has 0 radical (unpaired) electrons. The van der Waals surface area contributed by atoms with Gasteiger partial charge in [0.05, 0.1) is 12.1 Å². The van der Waals surface area contributed by atoms with Gasteiger partial charge in [0.15, 0.2) is 0 Å². The van der Waals surface area contributed by atoms with Crippen LogP contribution in [-0.4, -0.2) is 59.2 Å². The molecule has 224 valence electrons. The van der Waals surface area contributed by atoms with E-state index in [1.165, 1.54) is 5.56 Å². The van der Waals surface area contributed by atoms with Crippen molar-refractivity contribution >= 4 is 39.7 Å². The van der Waals surface area contributed by atoms with Crippen LogP contribution in [0.5, 0.6) is 0 Å². The highest BCUT2D eigenvalue weighted by Gasteiger charge is 2.16. The van der Waals surface area contributed by atoms with Gasteiger partial charge in [0.1, 0.15) is 5.65 Å².